The van der Waals surface area contributed by atoms with Crippen molar-refractivity contribution in [1.29, 1.82) is 0 Å². The summed E-state index contributed by atoms with van der Waals surface area (Å²) in [6.45, 7) is 6.14. The van der Waals surface area contributed by atoms with Gasteiger partial charge in [0.25, 0.3) is 0 Å². The molecule has 240 valence electrons. The highest BCUT2D eigenvalue weighted by atomic mass is 15.0. The highest BCUT2D eigenvalue weighted by molar-refractivity contribution is 6.13. The Labute approximate surface area is 292 Å². The number of rotatable bonds is 7. The molecule has 9 rings (SSSR count). The van der Waals surface area contributed by atoms with E-state index in [0.29, 0.717) is 0 Å². The van der Waals surface area contributed by atoms with Crippen molar-refractivity contribution in [2.75, 3.05) is 5.32 Å². The first-order chi connectivity index (χ1) is 24.7. The fourth-order valence-corrected chi connectivity index (χ4v) is 7.70. The summed E-state index contributed by atoms with van der Waals surface area (Å²) in [5.41, 5.74) is 14.1. The first-order valence-corrected chi connectivity index (χ1v) is 17.4. The molecular formula is C47H37N3. The van der Waals surface area contributed by atoms with Gasteiger partial charge in [-0.2, -0.15) is 0 Å². The Morgan fingerprint density at radius 3 is 2.02 bits per heavy atom. The van der Waals surface area contributed by atoms with Gasteiger partial charge in [-0.05, 0) is 103 Å². The molecule has 2 heterocycles. The smallest absolute Gasteiger partial charge is 0.0541 e. The standard InChI is InChI=1S/C47H37N3/c1-3-36(4-2)49-44-20-12-9-18-40(44)42-31-34(25-29-46(42)49)38-16-8-11-19-43(38)48-35-26-22-32(23-27-35)33-24-28-47-41(30-33)39-17-10-13-21-45(39)50(47)37-14-6-5-7-15-37/h3-4,6,8-31,48H,1,5,7H2,2H3/b36-4+. The highest BCUT2D eigenvalue weighted by Gasteiger charge is 2.16. The van der Waals surface area contributed by atoms with Gasteiger partial charge < -0.3 is 14.5 Å². The van der Waals surface area contributed by atoms with Crippen LogP contribution in [0.15, 0.2) is 170 Å². The third-order valence-electron chi connectivity index (χ3n) is 10.1. The van der Waals surface area contributed by atoms with E-state index in [-0.39, 0.29) is 0 Å². The first kappa shape index (κ1) is 29.8. The van der Waals surface area contributed by atoms with E-state index in [1.807, 2.05) is 6.08 Å². The van der Waals surface area contributed by atoms with E-state index in [0.717, 1.165) is 35.5 Å². The van der Waals surface area contributed by atoms with E-state index in [4.69, 9.17) is 0 Å². The maximum Gasteiger partial charge on any atom is 0.0541 e. The van der Waals surface area contributed by atoms with Gasteiger partial charge in [-0.25, -0.2) is 0 Å². The number of nitrogens with one attached hydrogen (secondary N) is 1. The molecule has 0 saturated heterocycles. The van der Waals surface area contributed by atoms with Crippen molar-refractivity contribution in [3.05, 3.63) is 170 Å². The van der Waals surface area contributed by atoms with Crippen molar-refractivity contribution in [3.8, 4) is 22.3 Å². The number of aromatic nitrogens is 2. The molecule has 0 radical (unpaired) electrons. The number of nitrogens with zero attached hydrogens (tertiary/aromatic N) is 2. The summed E-state index contributed by atoms with van der Waals surface area (Å²) in [4.78, 5) is 0. The Morgan fingerprint density at radius 2 is 1.24 bits per heavy atom. The molecule has 0 saturated carbocycles. The lowest BCUT2D eigenvalue weighted by Crippen LogP contribution is -1.96. The van der Waals surface area contributed by atoms with Crippen LogP contribution < -0.4 is 5.32 Å². The molecule has 2 aromatic heterocycles. The minimum absolute atomic E-state index is 1.05. The Kier molecular flexibility index (Phi) is 7.32. The molecule has 0 spiro atoms. The quantitative estimate of drug-likeness (QED) is 0.172. The van der Waals surface area contributed by atoms with Crippen molar-refractivity contribution in [1.82, 2.24) is 9.13 Å². The summed E-state index contributed by atoms with van der Waals surface area (Å²) in [6.07, 6.45) is 13.1. The predicted octanol–water partition coefficient (Wildman–Crippen LogP) is 13.2. The largest absolute Gasteiger partial charge is 0.355 e. The first-order valence-electron chi connectivity index (χ1n) is 17.4. The molecule has 0 unspecified atom stereocenters. The van der Waals surface area contributed by atoms with E-state index >= 15 is 0 Å². The van der Waals surface area contributed by atoms with Gasteiger partial charge in [0.1, 0.15) is 0 Å². The minimum Gasteiger partial charge on any atom is -0.355 e. The number of fused-ring (bicyclic) bond motifs is 6. The van der Waals surface area contributed by atoms with Crippen molar-refractivity contribution < 1.29 is 0 Å². The van der Waals surface area contributed by atoms with Crippen molar-refractivity contribution in [2.24, 2.45) is 0 Å². The molecule has 0 fully saturated rings. The van der Waals surface area contributed by atoms with E-state index in [1.54, 1.807) is 0 Å². The van der Waals surface area contributed by atoms with Gasteiger partial charge in [0, 0.05) is 49.9 Å². The summed E-state index contributed by atoms with van der Waals surface area (Å²) in [5, 5.41) is 8.75. The van der Waals surface area contributed by atoms with Crippen LogP contribution in [0.5, 0.6) is 0 Å². The number of hydrogen-bond acceptors (Lipinski definition) is 1. The fourth-order valence-electron chi connectivity index (χ4n) is 7.70. The molecule has 3 heteroatoms. The van der Waals surface area contributed by atoms with Gasteiger partial charge in [-0.15, -0.1) is 0 Å². The molecule has 0 bridgehead atoms. The van der Waals surface area contributed by atoms with Crippen molar-refractivity contribution >= 4 is 66.4 Å². The number of benzene rings is 6. The number of para-hydroxylation sites is 3. The third kappa shape index (κ3) is 4.90. The van der Waals surface area contributed by atoms with Crippen LogP contribution in [0.25, 0.3) is 77.3 Å². The van der Waals surface area contributed by atoms with Crippen molar-refractivity contribution in [2.45, 2.75) is 19.8 Å². The monoisotopic (exact) mass is 643 g/mol. The van der Waals surface area contributed by atoms with Gasteiger partial charge in [0.2, 0.25) is 0 Å². The third-order valence-corrected chi connectivity index (χ3v) is 10.1. The molecule has 1 aliphatic rings. The Hall–Kier alpha value is -6.32. The van der Waals surface area contributed by atoms with Crippen LogP contribution in [0.3, 0.4) is 0 Å². The fraction of sp³-hybridized carbons (Fsp3) is 0.0638. The zero-order chi connectivity index (χ0) is 33.6. The molecule has 0 aliphatic heterocycles. The van der Waals surface area contributed by atoms with E-state index < -0.39 is 0 Å². The van der Waals surface area contributed by atoms with Crippen LogP contribution >= 0.6 is 0 Å². The second-order valence-corrected chi connectivity index (χ2v) is 12.9. The molecule has 3 nitrogen and oxygen atoms in total. The minimum atomic E-state index is 1.05. The maximum absolute atomic E-state index is 4.08. The lowest BCUT2D eigenvalue weighted by Gasteiger charge is -2.14. The van der Waals surface area contributed by atoms with Crippen molar-refractivity contribution in [3.63, 3.8) is 0 Å². The van der Waals surface area contributed by atoms with Crippen LogP contribution in [0.4, 0.5) is 11.4 Å². The van der Waals surface area contributed by atoms with Crippen LogP contribution in [0.2, 0.25) is 0 Å². The molecule has 0 amide bonds. The lowest BCUT2D eigenvalue weighted by atomic mass is 10.0. The second kappa shape index (κ2) is 12.3. The van der Waals surface area contributed by atoms with Crippen LogP contribution in [0.1, 0.15) is 19.8 Å². The lowest BCUT2D eigenvalue weighted by molar-refractivity contribution is 1.02. The summed E-state index contributed by atoms with van der Waals surface area (Å²) in [5.74, 6) is 0. The van der Waals surface area contributed by atoms with Gasteiger partial charge in [0.15, 0.2) is 0 Å². The summed E-state index contributed by atoms with van der Waals surface area (Å²) >= 11 is 0. The molecule has 8 aromatic rings. The van der Waals surface area contributed by atoms with Gasteiger partial charge in [-0.1, -0.05) is 104 Å². The SMILES string of the molecule is C=C/C(=C\C)n1c2ccccc2c2cc(-c3ccccc3Nc3ccc(-c4ccc5c(c4)c4ccccc4n5C4=CCCC=C4)cc3)ccc21. The predicted molar refractivity (Wildman–Crippen MR) is 216 cm³/mol. The van der Waals surface area contributed by atoms with E-state index in [9.17, 15) is 0 Å². The summed E-state index contributed by atoms with van der Waals surface area (Å²) < 4.78 is 4.71. The summed E-state index contributed by atoms with van der Waals surface area (Å²) in [7, 11) is 0. The van der Waals surface area contributed by atoms with Gasteiger partial charge in [-0.3, -0.25) is 0 Å². The van der Waals surface area contributed by atoms with E-state index in [2.05, 4.69) is 186 Å². The van der Waals surface area contributed by atoms with Crippen LogP contribution in [-0.4, -0.2) is 9.13 Å². The topological polar surface area (TPSA) is 21.9 Å². The van der Waals surface area contributed by atoms with Gasteiger partial charge >= 0.3 is 0 Å². The number of allylic oxidation sites excluding steroid dienone is 7. The molecule has 1 aliphatic carbocycles. The Bertz CT molecular complexity index is 2690. The second-order valence-electron chi connectivity index (χ2n) is 12.9. The van der Waals surface area contributed by atoms with E-state index in [1.165, 1.54) is 66.0 Å². The summed E-state index contributed by atoms with van der Waals surface area (Å²) in [6, 6.07) is 48.4. The van der Waals surface area contributed by atoms with Gasteiger partial charge in [0.05, 0.1) is 22.1 Å². The van der Waals surface area contributed by atoms with Crippen LogP contribution in [-0.2, 0) is 0 Å². The molecule has 0 atom stereocenters. The number of hydrogen-bond donors (Lipinski definition) is 1. The number of anilines is 2. The zero-order valence-corrected chi connectivity index (χ0v) is 28.1. The Balaban J connectivity index is 1.05. The molecule has 50 heavy (non-hydrogen) atoms. The maximum atomic E-state index is 4.08. The molecular weight excluding hydrogens is 607 g/mol. The Morgan fingerprint density at radius 1 is 0.620 bits per heavy atom. The molecule has 6 aromatic carbocycles. The average molecular weight is 644 g/mol. The highest BCUT2D eigenvalue weighted by Crippen LogP contribution is 2.39. The zero-order valence-electron chi connectivity index (χ0n) is 28.1. The van der Waals surface area contributed by atoms with Crippen LogP contribution in [0, 0.1) is 0 Å². The molecule has 1 N–H and O–H groups in total. The normalized spacial score (nSPS) is 13.4. The average Bonchev–Trinajstić information content (AvgIpc) is 3.69.